The molecule has 0 aliphatic carbocycles. The molecule has 4 nitrogen and oxygen atoms in total. The van der Waals surface area contributed by atoms with Crippen LogP contribution in [0.25, 0.3) is 0 Å². The number of ether oxygens (including phenoxy) is 1. The third-order valence-corrected chi connectivity index (χ3v) is 4.54. The molecule has 2 rings (SSSR count). The van der Waals surface area contributed by atoms with Crippen molar-refractivity contribution in [2.75, 3.05) is 32.1 Å². The van der Waals surface area contributed by atoms with Gasteiger partial charge in [-0.15, -0.1) is 0 Å². The molecule has 0 saturated carbocycles. The van der Waals surface area contributed by atoms with Crippen LogP contribution in [0, 0.1) is 3.57 Å². The van der Waals surface area contributed by atoms with E-state index in [9.17, 15) is 4.79 Å². The zero-order valence-electron chi connectivity index (χ0n) is 14.0. The molecular weight excluding hydrogens is 415 g/mol. The summed E-state index contributed by atoms with van der Waals surface area (Å²) in [6.45, 7) is 3.73. The lowest BCUT2D eigenvalue weighted by Gasteiger charge is -2.28. The van der Waals surface area contributed by atoms with Gasteiger partial charge in [0.05, 0.1) is 13.2 Å². The van der Waals surface area contributed by atoms with Crippen LogP contribution in [0.2, 0.25) is 0 Å². The molecule has 0 unspecified atom stereocenters. The van der Waals surface area contributed by atoms with Gasteiger partial charge in [0.25, 0.3) is 0 Å². The van der Waals surface area contributed by atoms with Crippen molar-refractivity contribution < 1.29 is 9.53 Å². The molecule has 128 valence electrons. The Morgan fingerprint density at radius 1 is 1.21 bits per heavy atom. The Kier molecular flexibility index (Phi) is 7.68. The Morgan fingerprint density at radius 3 is 2.62 bits per heavy atom. The van der Waals surface area contributed by atoms with Gasteiger partial charge in [0.1, 0.15) is 0 Å². The van der Waals surface area contributed by atoms with E-state index in [0.29, 0.717) is 19.7 Å². The van der Waals surface area contributed by atoms with Gasteiger partial charge in [-0.05, 0) is 53.3 Å². The largest absolute Gasteiger partial charge is 0.383 e. The first kappa shape index (κ1) is 18.9. The minimum Gasteiger partial charge on any atom is -0.383 e. The van der Waals surface area contributed by atoms with Crippen molar-refractivity contribution in [3.05, 3.63) is 63.7 Å². The maximum Gasteiger partial charge on any atom is 0.238 e. The maximum atomic E-state index is 12.4. The van der Waals surface area contributed by atoms with E-state index >= 15 is 0 Å². The number of hydrogen-bond acceptors (Lipinski definition) is 3. The Balaban J connectivity index is 2.03. The lowest BCUT2D eigenvalue weighted by molar-refractivity contribution is -0.118. The van der Waals surface area contributed by atoms with Crippen LogP contribution in [0.15, 0.2) is 54.6 Å². The zero-order chi connectivity index (χ0) is 17.4. The highest BCUT2D eigenvalue weighted by Gasteiger charge is 2.18. The van der Waals surface area contributed by atoms with Crippen LogP contribution in [0.4, 0.5) is 5.69 Å². The minimum absolute atomic E-state index is 0.0177. The van der Waals surface area contributed by atoms with E-state index in [2.05, 4.69) is 51.9 Å². The van der Waals surface area contributed by atoms with Crippen LogP contribution in [-0.2, 0) is 9.53 Å². The van der Waals surface area contributed by atoms with Crippen LogP contribution in [0.1, 0.15) is 18.5 Å². The second kappa shape index (κ2) is 9.76. The van der Waals surface area contributed by atoms with Gasteiger partial charge in [0, 0.05) is 29.0 Å². The number of nitrogens with zero attached hydrogens (tertiary/aromatic N) is 1. The number of carbonyl (C=O) groups excluding carboxylic acids is 1. The highest BCUT2D eigenvalue weighted by Crippen LogP contribution is 2.20. The fourth-order valence-electron chi connectivity index (χ4n) is 2.51. The van der Waals surface area contributed by atoms with Crippen molar-refractivity contribution in [2.45, 2.75) is 13.0 Å². The van der Waals surface area contributed by atoms with Crippen LogP contribution >= 0.6 is 22.6 Å². The zero-order valence-corrected chi connectivity index (χ0v) is 16.2. The van der Waals surface area contributed by atoms with E-state index in [0.717, 1.165) is 9.26 Å². The topological polar surface area (TPSA) is 41.6 Å². The van der Waals surface area contributed by atoms with Crippen LogP contribution < -0.4 is 5.32 Å². The molecule has 0 fully saturated rings. The number of nitrogens with one attached hydrogen (secondary N) is 1. The monoisotopic (exact) mass is 438 g/mol. The molecule has 0 saturated heterocycles. The van der Waals surface area contributed by atoms with Crippen molar-refractivity contribution in [3.8, 4) is 0 Å². The fourth-order valence-corrected chi connectivity index (χ4v) is 3.05. The number of amides is 1. The Labute approximate surface area is 157 Å². The van der Waals surface area contributed by atoms with Crippen molar-refractivity contribution >= 4 is 34.2 Å². The molecule has 1 N–H and O–H groups in total. The van der Waals surface area contributed by atoms with E-state index in [1.54, 1.807) is 7.11 Å². The van der Waals surface area contributed by atoms with Gasteiger partial charge < -0.3 is 10.1 Å². The van der Waals surface area contributed by atoms with E-state index in [-0.39, 0.29) is 11.9 Å². The van der Waals surface area contributed by atoms with Gasteiger partial charge >= 0.3 is 0 Å². The van der Waals surface area contributed by atoms with Gasteiger partial charge in [-0.1, -0.05) is 36.4 Å². The first-order valence-electron chi connectivity index (χ1n) is 7.93. The van der Waals surface area contributed by atoms with Gasteiger partial charge in [0.2, 0.25) is 5.91 Å². The summed E-state index contributed by atoms with van der Waals surface area (Å²) < 4.78 is 6.30. The summed E-state index contributed by atoms with van der Waals surface area (Å²) in [5.41, 5.74) is 2.02. The number of benzene rings is 2. The molecule has 0 aliphatic rings. The Hall–Kier alpha value is -1.44. The SMILES string of the molecule is COCCN(CC(=O)Nc1cccc(I)c1)[C@@H](C)c1ccccc1. The first-order valence-corrected chi connectivity index (χ1v) is 9.01. The van der Waals surface area contributed by atoms with Gasteiger partial charge in [0.15, 0.2) is 0 Å². The molecule has 0 aliphatic heterocycles. The van der Waals surface area contributed by atoms with Gasteiger partial charge in [-0.3, -0.25) is 9.69 Å². The van der Waals surface area contributed by atoms with Crippen molar-refractivity contribution in [3.63, 3.8) is 0 Å². The van der Waals surface area contributed by atoms with Gasteiger partial charge in [-0.25, -0.2) is 0 Å². The average Bonchev–Trinajstić information content (AvgIpc) is 2.58. The van der Waals surface area contributed by atoms with Crippen molar-refractivity contribution in [2.24, 2.45) is 0 Å². The fraction of sp³-hybridized carbons (Fsp3) is 0.316. The third-order valence-electron chi connectivity index (χ3n) is 3.87. The predicted molar refractivity (Wildman–Crippen MR) is 106 cm³/mol. The normalized spacial score (nSPS) is 12.2. The summed E-state index contributed by atoms with van der Waals surface area (Å²) in [5, 5.41) is 2.97. The van der Waals surface area contributed by atoms with Gasteiger partial charge in [-0.2, -0.15) is 0 Å². The van der Waals surface area contributed by atoms with E-state index in [4.69, 9.17) is 4.74 Å². The smallest absolute Gasteiger partial charge is 0.238 e. The predicted octanol–water partition coefficient (Wildman–Crippen LogP) is 3.94. The first-order chi connectivity index (χ1) is 11.6. The Morgan fingerprint density at radius 2 is 1.96 bits per heavy atom. The second-order valence-corrected chi connectivity index (χ2v) is 6.85. The number of carbonyl (C=O) groups is 1. The van der Waals surface area contributed by atoms with Crippen molar-refractivity contribution in [1.29, 1.82) is 0 Å². The lowest BCUT2D eigenvalue weighted by atomic mass is 10.1. The van der Waals surface area contributed by atoms with E-state index in [1.807, 2.05) is 42.5 Å². The van der Waals surface area contributed by atoms with Crippen LogP contribution in [0.5, 0.6) is 0 Å². The highest BCUT2D eigenvalue weighted by atomic mass is 127. The Bertz CT molecular complexity index is 649. The highest BCUT2D eigenvalue weighted by molar-refractivity contribution is 14.1. The third kappa shape index (κ3) is 5.89. The minimum atomic E-state index is -0.0177. The summed E-state index contributed by atoms with van der Waals surface area (Å²) in [7, 11) is 1.68. The molecule has 0 aromatic heterocycles. The molecule has 2 aromatic rings. The molecule has 1 atom stereocenters. The molecule has 1 amide bonds. The quantitative estimate of drug-likeness (QED) is 0.635. The molecule has 2 aromatic carbocycles. The molecule has 0 heterocycles. The standard InChI is InChI=1S/C19H23IN2O2/c1-15(16-7-4-3-5-8-16)22(11-12-24-2)14-19(23)21-18-10-6-9-17(20)13-18/h3-10,13,15H,11-12,14H2,1-2H3,(H,21,23)/t15-/m0/s1. The summed E-state index contributed by atoms with van der Waals surface area (Å²) in [5.74, 6) is -0.0177. The second-order valence-electron chi connectivity index (χ2n) is 5.61. The molecule has 5 heteroatoms. The summed E-state index contributed by atoms with van der Waals surface area (Å²) in [6, 6.07) is 18.1. The number of anilines is 1. The van der Waals surface area contributed by atoms with Crippen molar-refractivity contribution in [1.82, 2.24) is 4.90 Å². The lowest BCUT2D eigenvalue weighted by Crippen LogP contribution is -2.37. The number of methoxy groups -OCH3 is 1. The maximum absolute atomic E-state index is 12.4. The summed E-state index contributed by atoms with van der Waals surface area (Å²) >= 11 is 2.24. The molecule has 0 spiro atoms. The molecule has 0 bridgehead atoms. The molecule has 24 heavy (non-hydrogen) atoms. The number of rotatable bonds is 8. The molecule has 0 radical (unpaired) electrons. The average molecular weight is 438 g/mol. The summed E-state index contributed by atoms with van der Waals surface area (Å²) in [4.78, 5) is 14.6. The van der Waals surface area contributed by atoms with E-state index < -0.39 is 0 Å². The molecular formula is C19H23IN2O2. The van der Waals surface area contributed by atoms with Crippen LogP contribution in [0.3, 0.4) is 0 Å². The van der Waals surface area contributed by atoms with Crippen LogP contribution in [-0.4, -0.2) is 37.6 Å². The number of hydrogen-bond donors (Lipinski definition) is 1. The van der Waals surface area contributed by atoms with E-state index in [1.165, 1.54) is 5.56 Å². The summed E-state index contributed by atoms with van der Waals surface area (Å²) in [6.07, 6.45) is 0. The number of halogens is 1.